The number of fused-ring (bicyclic) bond motifs is 1. The van der Waals surface area contributed by atoms with Crippen molar-refractivity contribution >= 4 is 11.6 Å². The fraction of sp³-hybridized carbons (Fsp3) is 0.833. The van der Waals surface area contributed by atoms with Crippen LogP contribution in [-0.4, -0.2) is 11.6 Å². The van der Waals surface area contributed by atoms with Crippen LogP contribution in [0.25, 0.3) is 0 Å². The van der Waals surface area contributed by atoms with Crippen LogP contribution in [-0.2, 0) is 9.59 Å². The molecule has 78 valence electrons. The molecule has 2 aliphatic carbocycles. The van der Waals surface area contributed by atoms with Crippen LogP contribution in [0.1, 0.15) is 45.4 Å². The Morgan fingerprint density at radius 2 is 1.79 bits per heavy atom. The predicted octanol–water partition coefficient (Wildman–Crippen LogP) is 2.36. The molecule has 0 amide bonds. The number of hydrogen-bond acceptors (Lipinski definition) is 2. The summed E-state index contributed by atoms with van der Waals surface area (Å²) in [4.78, 5) is 23.3. The number of carbonyl (C=O) groups is 2. The molecule has 2 saturated carbocycles. The van der Waals surface area contributed by atoms with E-state index < -0.39 is 0 Å². The van der Waals surface area contributed by atoms with Crippen molar-refractivity contribution in [2.24, 2.45) is 17.8 Å². The molecule has 2 heteroatoms. The van der Waals surface area contributed by atoms with E-state index in [9.17, 15) is 9.59 Å². The van der Waals surface area contributed by atoms with E-state index in [-0.39, 0.29) is 11.8 Å². The molecule has 0 heterocycles. The summed E-state index contributed by atoms with van der Waals surface area (Å²) in [7, 11) is 0. The molecule has 0 aliphatic heterocycles. The standard InChI is InChI=1S/C12H18O2/c1-8-9-4-2-3-5-12(14)10(9)6-7-11(8)13/h8-10H,2-7H2,1H3/t8?,9?,10-/m0/s1. The molecule has 2 nitrogen and oxygen atoms in total. The third-order valence-electron chi connectivity index (χ3n) is 3.99. The molecule has 0 aromatic heterocycles. The average Bonchev–Trinajstić information content (AvgIpc) is 2.35. The minimum atomic E-state index is 0.135. The first-order valence-electron chi connectivity index (χ1n) is 5.75. The third-order valence-corrected chi connectivity index (χ3v) is 3.99. The second kappa shape index (κ2) is 3.84. The van der Waals surface area contributed by atoms with Crippen LogP contribution < -0.4 is 0 Å². The van der Waals surface area contributed by atoms with Gasteiger partial charge in [-0.2, -0.15) is 0 Å². The molecule has 0 N–H and O–H groups in total. The summed E-state index contributed by atoms with van der Waals surface area (Å²) >= 11 is 0. The smallest absolute Gasteiger partial charge is 0.136 e. The van der Waals surface area contributed by atoms with E-state index in [0.717, 1.165) is 32.1 Å². The van der Waals surface area contributed by atoms with Gasteiger partial charge < -0.3 is 0 Å². The van der Waals surface area contributed by atoms with Gasteiger partial charge in [-0.25, -0.2) is 0 Å². The highest BCUT2D eigenvalue weighted by molar-refractivity contribution is 5.87. The van der Waals surface area contributed by atoms with Crippen LogP contribution in [0.4, 0.5) is 0 Å². The van der Waals surface area contributed by atoms with Crippen LogP contribution in [0, 0.1) is 17.8 Å². The van der Waals surface area contributed by atoms with Gasteiger partial charge >= 0.3 is 0 Å². The average molecular weight is 194 g/mol. The van der Waals surface area contributed by atoms with Crippen molar-refractivity contribution in [2.45, 2.75) is 45.4 Å². The molecule has 0 aromatic carbocycles. The lowest BCUT2D eigenvalue weighted by Gasteiger charge is -2.33. The molecule has 0 aromatic rings. The van der Waals surface area contributed by atoms with Crippen LogP contribution in [0.3, 0.4) is 0 Å². The second-order valence-electron chi connectivity index (χ2n) is 4.78. The van der Waals surface area contributed by atoms with Gasteiger partial charge in [-0.05, 0) is 25.2 Å². The van der Waals surface area contributed by atoms with Crippen LogP contribution >= 0.6 is 0 Å². The number of ketones is 2. The largest absolute Gasteiger partial charge is 0.299 e. The Morgan fingerprint density at radius 1 is 1.00 bits per heavy atom. The fourth-order valence-electron chi connectivity index (χ4n) is 3.04. The van der Waals surface area contributed by atoms with Crippen LogP contribution in [0.5, 0.6) is 0 Å². The molecule has 0 bridgehead atoms. The molecule has 3 atom stereocenters. The zero-order valence-electron chi connectivity index (χ0n) is 8.79. The van der Waals surface area contributed by atoms with E-state index in [4.69, 9.17) is 0 Å². The number of carbonyl (C=O) groups excluding carboxylic acids is 2. The monoisotopic (exact) mass is 194 g/mol. The molecule has 0 spiro atoms. The Labute approximate surface area is 85.1 Å². The molecule has 2 unspecified atom stereocenters. The maximum absolute atomic E-state index is 11.8. The topological polar surface area (TPSA) is 34.1 Å². The van der Waals surface area contributed by atoms with Crippen molar-refractivity contribution in [1.82, 2.24) is 0 Å². The quantitative estimate of drug-likeness (QED) is 0.593. The van der Waals surface area contributed by atoms with Crippen molar-refractivity contribution in [3.05, 3.63) is 0 Å². The normalized spacial score (nSPS) is 39.1. The van der Waals surface area contributed by atoms with Gasteiger partial charge in [-0.15, -0.1) is 0 Å². The fourth-order valence-corrected chi connectivity index (χ4v) is 3.04. The zero-order chi connectivity index (χ0) is 10.1. The number of hydrogen-bond donors (Lipinski definition) is 0. The Kier molecular flexibility index (Phi) is 2.71. The molecular weight excluding hydrogens is 176 g/mol. The Hall–Kier alpha value is -0.660. The van der Waals surface area contributed by atoms with Gasteiger partial charge in [-0.1, -0.05) is 13.3 Å². The van der Waals surface area contributed by atoms with Gasteiger partial charge in [-0.3, -0.25) is 9.59 Å². The lowest BCUT2D eigenvalue weighted by Crippen LogP contribution is -2.36. The van der Waals surface area contributed by atoms with Gasteiger partial charge in [0, 0.05) is 24.7 Å². The lowest BCUT2D eigenvalue weighted by molar-refractivity contribution is -0.133. The van der Waals surface area contributed by atoms with Crippen molar-refractivity contribution in [1.29, 1.82) is 0 Å². The maximum atomic E-state index is 11.8. The van der Waals surface area contributed by atoms with Gasteiger partial charge in [0.2, 0.25) is 0 Å². The highest BCUT2D eigenvalue weighted by Crippen LogP contribution is 2.39. The summed E-state index contributed by atoms with van der Waals surface area (Å²) in [5.74, 6) is 1.51. The number of Topliss-reactive ketones (excluding diaryl/α,β-unsaturated/α-hetero) is 2. The second-order valence-corrected chi connectivity index (χ2v) is 4.78. The van der Waals surface area contributed by atoms with E-state index in [0.29, 0.717) is 23.9 Å². The van der Waals surface area contributed by atoms with Crippen molar-refractivity contribution in [3.8, 4) is 0 Å². The summed E-state index contributed by atoms with van der Waals surface area (Å²) in [6.45, 7) is 2.01. The summed E-state index contributed by atoms with van der Waals surface area (Å²) < 4.78 is 0. The first kappa shape index (κ1) is 9.88. The van der Waals surface area contributed by atoms with Gasteiger partial charge in [0.15, 0.2) is 0 Å². The summed E-state index contributed by atoms with van der Waals surface area (Å²) in [6, 6.07) is 0. The van der Waals surface area contributed by atoms with E-state index in [1.165, 1.54) is 0 Å². The van der Waals surface area contributed by atoms with E-state index in [1.807, 2.05) is 6.92 Å². The van der Waals surface area contributed by atoms with Crippen LogP contribution in [0.2, 0.25) is 0 Å². The molecule has 2 rings (SSSR count). The minimum absolute atomic E-state index is 0.135. The van der Waals surface area contributed by atoms with Crippen molar-refractivity contribution in [3.63, 3.8) is 0 Å². The van der Waals surface area contributed by atoms with Gasteiger partial charge in [0.05, 0.1) is 0 Å². The zero-order valence-corrected chi connectivity index (χ0v) is 8.79. The maximum Gasteiger partial charge on any atom is 0.136 e. The summed E-state index contributed by atoms with van der Waals surface area (Å²) in [5.41, 5.74) is 0. The van der Waals surface area contributed by atoms with Crippen molar-refractivity contribution < 1.29 is 9.59 Å². The minimum Gasteiger partial charge on any atom is -0.299 e. The molecule has 2 aliphatic rings. The van der Waals surface area contributed by atoms with Crippen LogP contribution in [0.15, 0.2) is 0 Å². The Morgan fingerprint density at radius 3 is 2.57 bits per heavy atom. The van der Waals surface area contributed by atoms with E-state index in [1.54, 1.807) is 0 Å². The molecular formula is C12H18O2. The van der Waals surface area contributed by atoms with E-state index in [2.05, 4.69) is 0 Å². The molecule has 2 fully saturated rings. The van der Waals surface area contributed by atoms with Crippen molar-refractivity contribution in [2.75, 3.05) is 0 Å². The first-order chi connectivity index (χ1) is 6.70. The number of rotatable bonds is 0. The van der Waals surface area contributed by atoms with Gasteiger partial charge in [0.25, 0.3) is 0 Å². The Bertz CT molecular complexity index is 257. The lowest BCUT2D eigenvalue weighted by atomic mass is 9.69. The SMILES string of the molecule is CC1C(=O)CC[C@@H]2C(=O)CCCCC12. The Balaban J connectivity index is 2.18. The third kappa shape index (κ3) is 1.62. The molecule has 14 heavy (non-hydrogen) atoms. The summed E-state index contributed by atoms with van der Waals surface area (Å²) in [5, 5.41) is 0. The highest BCUT2D eigenvalue weighted by Gasteiger charge is 2.39. The summed E-state index contributed by atoms with van der Waals surface area (Å²) in [6.07, 6.45) is 5.46. The van der Waals surface area contributed by atoms with Gasteiger partial charge in [0.1, 0.15) is 11.6 Å². The molecule has 0 saturated heterocycles. The first-order valence-corrected chi connectivity index (χ1v) is 5.75. The predicted molar refractivity (Wildman–Crippen MR) is 53.9 cm³/mol. The van der Waals surface area contributed by atoms with E-state index >= 15 is 0 Å². The highest BCUT2D eigenvalue weighted by atomic mass is 16.1. The molecule has 0 radical (unpaired) electrons.